The van der Waals surface area contributed by atoms with Crippen molar-refractivity contribution in [2.75, 3.05) is 14.2 Å². The van der Waals surface area contributed by atoms with Crippen molar-refractivity contribution in [3.63, 3.8) is 0 Å². The fourth-order valence-corrected chi connectivity index (χ4v) is 0.0833. The van der Waals surface area contributed by atoms with Crippen molar-refractivity contribution < 1.29 is 33.7 Å². The molecule has 4 heteroatoms. The molecule has 0 rings (SSSR count). The molecule has 0 amide bonds. The largest absolute Gasteiger partial charge is 0.507 e. The first kappa shape index (κ1) is 10.00. The van der Waals surface area contributed by atoms with E-state index >= 15 is 0 Å². The van der Waals surface area contributed by atoms with E-state index in [4.69, 9.17) is 0 Å². The van der Waals surface area contributed by atoms with Gasteiger partial charge in [0.15, 0.2) is 0 Å². The SMILES string of the molecule is COC(=O)OC.[Zn]. The van der Waals surface area contributed by atoms with Crippen LogP contribution in [0.1, 0.15) is 0 Å². The van der Waals surface area contributed by atoms with E-state index in [0.717, 1.165) is 0 Å². The minimum atomic E-state index is -0.657. The first-order valence-corrected chi connectivity index (χ1v) is 1.43. The van der Waals surface area contributed by atoms with Crippen LogP contribution in [0.4, 0.5) is 4.79 Å². The molecule has 0 aromatic heterocycles. The van der Waals surface area contributed by atoms with Crippen LogP contribution in [0.5, 0.6) is 0 Å². The number of rotatable bonds is 0. The van der Waals surface area contributed by atoms with E-state index < -0.39 is 6.16 Å². The zero-order valence-corrected chi connectivity index (χ0v) is 7.40. The summed E-state index contributed by atoms with van der Waals surface area (Å²) < 4.78 is 8.08. The Bertz CT molecular complexity index is 48.1. The van der Waals surface area contributed by atoms with E-state index in [1.807, 2.05) is 0 Å². The Morgan fingerprint density at radius 1 is 1.29 bits per heavy atom. The maximum Gasteiger partial charge on any atom is 0.507 e. The molecule has 0 aromatic carbocycles. The molecule has 0 heterocycles. The van der Waals surface area contributed by atoms with Gasteiger partial charge in [-0.05, 0) is 0 Å². The molecule has 0 atom stereocenters. The molecule has 0 aliphatic carbocycles. The molecule has 0 aliphatic heterocycles. The average Bonchev–Trinajstić information content (AvgIpc) is 1.65. The van der Waals surface area contributed by atoms with Crippen LogP contribution in [-0.2, 0) is 29.0 Å². The zero-order chi connectivity index (χ0) is 4.99. The maximum atomic E-state index is 9.74. The molecule has 0 aromatic rings. The summed E-state index contributed by atoms with van der Waals surface area (Å²) in [5.74, 6) is 0. The third kappa shape index (κ3) is 5.89. The Morgan fingerprint density at radius 3 is 1.57 bits per heavy atom. The summed E-state index contributed by atoms with van der Waals surface area (Å²) in [7, 11) is 2.51. The number of carbonyl (C=O) groups excluding carboxylic acids is 1. The van der Waals surface area contributed by atoms with Crippen LogP contribution in [0.25, 0.3) is 0 Å². The molecule has 0 fully saturated rings. The number of ether oxygens (including phenoxy) is 2. The summed E-state index contributed by atoms with van der Waals surface area (Å²) >= 11 is 0. The van der Waals surface area contributed by atoms with Gasteiger partial charge < -0.3 is 9.47 Å². The van der Waals surface area contributed by atoms with Crippen molar-refractivity contribution in [2.24, 2.45) is 0 Å². The predicted molar refractivity (Wildman–Crippen MR) is 19.4 cm³/mol. The van der Waals surface area contributed by atoms with Gasteiger partial charge in [0.25, 0.3) is 0 Å². The molecule has 38 valence electrons. The van der Waals surface area contributed by atoms with Crippen LogP contribution in [0.3, 0.4) is 0 Å². The monoisotopic (exact) mass is 154 g/mol. The van der Waals surface area contributed by atoms with Crippen LogP contribution in [0.2, 0.25) is 0 Å². The van der Waals surface area contributed by atoms with Crippen LogP contribution in [-0.4, -0.2) is 20.4 Å². The molecule has 7 heavy (non-hydrogen) atoms. The fraction of sp³-hybridized carbons (Fsp3) is 0.667. The second-order valence-corrected chi connectivity index (χ2v) is 0.658. The molecule has 0 bridgehead atoms. The number of hydrogen-bond donors (Lipinski definition) is 0. The Morgan fingerprint density at radius 2 is 1.57 bits per heavy atom. The van der Waals surface area contributed by atoms with Gasteiger partial charge >= 0.3 is 6.16 Å². The molecule has 0 N–H and O–H groups in total. The van der Waals surface area contributed by atoms with Crippen LogP contribution < -0.4 is 0 Å². The Kier molecular flexibility index (Phi) is 8.42. The van der Waals surface area contributed by atoms with E-state index in [9.17, 15) is 4.79 Å². The van der Waals surface area contributed by atoms with Gasteiger partial charge in [0.05, 0.1) is 14.2 Å². The van der Waals surface area contributed by atoms with Gasteiger partial charge in [-0.1, -0.05) is 0 Å². The molecule has 0 radical (unpaired) electrons. The van der Waals surface area contributed by atoms with Crippen molar-refractivity contribution in [2.45, 2.75) is 0 Å². The minimum absolute atomic E-state index is 0. The number of carbonyl (C=O) groups is 1. The van der Waals surface area contributed by atoms with Crippen LogP contribution in [0, 0.1) is 0 Å². The number of methoxy groups -OCH3 is 2. The van der Waals surface area contributed by atoms with Gasteiger partial charge in [0.2, 0.25) is 0 Å². The Balaban J connectivity index is 0. The topological polar surface area (TPSA) is 35.5 Å². The summed E-state index contributed by atoms with van der Waals surface area (Å²) in [4.78, 5) is 9.74. The van der Waals surface area contributed by atoms with Crippen molar-refractivity contribution in [1.29, 1.82) is 0 Å². The second-order valence-electron chi connectivity index (χ2n) is 0.658. The van der Waals surface area contributed by atoms with Gasteiger partial charge in [-0.25, -0.2) is 4.79 Å². The normalized spacial score (nSPS) is 6.00. The minimum Gasteiger partial charge on any atom is -0.438 e. The third-order valence-electron chi connectivity index (χ3n) is 0.333. The third-order valence-corrected chi connectivity index (χ3v) is 0.333. The van der Waals surface area contributed by atoms with Crippen LogP contribution in [0.15, 0.2) is 0 Å². The summed E-state index contributed by atoms with van der Waals surface area (Å²) in [6.45, 7) is 0. The molecule has 3 nitrogen and oxygen atoms in total. The van der Waals surface area contributed by atoms with Crippen molar-refractivity contribution in [3.05, 3.63) is 0 Å². The van der Waals surface area contributed by atoms with E-state index in [0.29, 0.717) is 0 Å². The maximum absolute atomic E-state index is 9.74. The molecule has 0 aliphatic rings. The number of hydrogen-bond acceptors (Lipinski definition) is 3. The molecule has 0 unspecified atom stereocenters. The average molecular weight is 155 g/mol. The zero-order valence-electron chi connectivity index (χ0n) is 4.43. The van der Waals surface area contributed by atoms with E-state index in [-0.39, 0.29) is 19.5 Å². The van der Waals surface area contributed by atoms with Crippen LogP contribution >= 0.6 is 0 Å². The fourth-order valence-electron chi connectivity index (χ4n) is 0.0833. The van der Waals surface area contributed by atoms with Gasteiger partial charge in [-0.15, -0.1) is 0 Å². The van der Waals surface area contributed by atoms with Gasteiger partial charge in [0.1, 0.15) is 0 Å². The van der Waals surface area contributed by atoms with Gasteiger partial charge in [0, 0.05) is 19.5 Å². The molecular weight excluding hydrogens is 149 g/mol. The summed E-state index contributed by atoms with van der Waals surface area (Å²) in [5, 5.41) is 0. The van der Waals surface area contributed by atoms with E-state index in [1.54, 1.807) is 0 Å². The van der Waals surface area contributed by atoms with Crippen molar-refractivity contribution >= 4 is 6.16 Å². The van der Waals surface area contributed by atoms with E-state index in [2.05, 4.69) is 9.47 Å². The first-order chi connectivity index (χ1) is 2.81. The quantitative estimate of drug-likeness (QED) is 0.375. The van der Waals surface area contributed by atoms with Crippen molar-refractivity contribution in [3.8, 4) is 0 Å². The summed E-state index contributed by atoms with van der Waals surface area (Å²) in [6, 6.07) is 0. The standard InChI is InChI=1S/C3H6O3.Zn/c1-5-3(4)6-2;/h1-2H3;. The van der Waals surface area contributed by atoms with Gasteiger partial charge in [-0.2, -0.15) is 0 Å². The molecular formula is C3H6O3Zn. The smallest absolute Gasteiger partial charge is 0.438 e. The summed E-state index contributed by atoms with van der Waals surface area (Å²) in [6.07, 6.45) is -0.657. The second kappa shape index (κ2) is 5.89. The molecule has 0 spiro atoms. The summed E-state index contributed by atoms with van der Waals surface area (Å²) in [5.41, 5.74) is 0. The Labute approximate surface area is 54.7 Å². The Hall–Kier alpha value is -0.107. The molecule has 0 saturated carbocycles. The van der Waals surface area contributed by atoms with Crippen molar-refractivity contribution in [1.82, 2.24) is 0 Å². The first-order valence-electron chi connectivity index (χ1n) is 1.43. The molecule has 0 saturated heterocycles. The van der Waals surface area contributed by atoms with E-state index in [1.165, 1.54) is 14.2 Å². The predicted octanol–water partition coefficient (Wildman–Crippen LogP) is 0.397. The van der Waals surface area contributed by atoms with Gasteiger partial charge in [-0.3, -0.25) is 0 Å².